The van der Waals surface area contributed by atoms with E-state index in [0.717, 1.165) is 30.2 Å². The van der Waals surface area contributed by atoms with Crippen LogP contribution < -0.4 is 0 Å². The van der Waals surface area contributed by atoms with Crippen LogP contribution in [0.15, 0.2) is 0 Å². The zero-order chi connectivity index (χ0) is 9.68. The van der Waals surface area contributed by atoms with Crippen molar-refractivity contribution in [3.8, 4) is 0 Å². The van der Waals surface area contributed by atoms with Crippen molar-refractivity contribution in [3.63, 3.8) is 0 Å². The fraction of sp³-hybridized carbons (Fsp3) is 0.800. The maximum absolute atomic E-state index is 11.1. The number of carbonyl (C=O) groups excluding carboxylic acids is 2. The van der Waals surface area contributed by atoms with Crippen LogP contribution in [0.1, 0.15) is 39.0 Å². The molecule has 3 heteroatoms. The van der Waals surface area contributed by atoms with E-state index in [1.807, 2.05) is 0 Å². The van der Waals surface area contributed by atoms with Gasteiger partial charge in [-0.15, -0.1) is 0 Å². The third kappa shape index (κ3) is 4.78. The molecule has 0 radical (unpaired) electrons. The monoisotopic (exact) mass is 298 g/mol. The van der Waals surface area contributed by atoms with Crippen LogP contribution in [0.5, 0.6) is 0 Å². The van der Waals surface area contributed by atoms with Gasteiger partial charge >= 0.3 is 89.5 Å². The van der Waals surface area contributed by atoms with Crippen LogP contribution in [-0.2, 0) is 9.59 Å². The van der Waals surface area contributed by atoms with Gasteiger partial charge in [0, 0.05) is 0 Å². The first-order chi connectivity index (χ1) is 6.18. The molecule has 2 nitrogen and oxygen atoms in total. The average molecular weight is 296 g/mol. The Hall–Kier alpha value is 0.130. The first kappa shape index (κ1) is 11.2. The maximum atomic E-state index is 11.1. The van der Waals surface area contributed by atoms with Crippen molar-refractivity contribution in [2.24, 2.45) is 0 Å². The molecule has 74 valence electrons. The van der Waals surface area contributed by atoms with Gasteiger partial charge < -0.3 is 0 Å². The van der Waals surface area contributed by atoms with E-state index in [4.69, 9.17) is 0 Å². The fourth-order valence-corrected chi connectivity index (χ4v) is 5.42. The van der Waals surface area contributed by atoms with Gasteiger partial charge in [-0.1, -0.05) is 0 Å². The Morgan fingerprint density at radius 3 is 3.00 bits per heavy atom. The van der Waals surface area contributed by atoms with Crippen LogP contribution in [0, 0.1) is 0 Å². The molecule has 1 rings (SSSR count). The van der Waals surface area contributed by atoms with Gasteiger partial charge in [0.25, 0.3) is 0 Å². The second-order valence-electron chi connectivity index (χ2n) is 3.58. The summed E-state index contributed by atoms with van der Waals surface area (Å²) < 4.78 is 1.80. The zero-order valence-electron chi connectivity index (χ0n) is 8.04. The van der Waals surface area contributed by atoms with Gasteiger partial charge in [-0.3, -0.25) is 0 Å². The number of ketones is 2. The molecular formula is C10H16O2Te. The topological polar surface area (TPSA) is 34.1 Å². The summed E-state index contributed by atoms with van der Waals surface area (Å²) in [4.78, 5) is 21.8. The number of rotatable bonds is 4. The van der Waals surface area contributed by atoms with Gasteiger partial charge in [-0.05, 0) is 0 Å². The fourth-order valence-electron chi connectivity index (χ4n) is 1.50. The Labute approximate surface area is 89.5 Å². The van der Waals surface area contributed by atoms with Gasteiger partial charge in [-0.2, -0.15) is 0 Å². The summed E-state index contributed by atoms with van der Waals surface area (Å²) >= 11 is -0.0732. The number of hydrogen-bond acceptors (Lipinski definition) is 2. The molecule has 0 aromatic rings. The molecular weight excluding hydrogens is 280 g/mol. The van der Waals surface area contributed by atoms with Crippen LogP contribution in [-0.4, -0.2) is 32.5 Å². The second kappa shape index (κ2) is 5.78. The quantitative estimate of drug-likeness (QED) is 0.744. The van der Waals surface area contributed by atoms with E-state index in [-0.39, 0.29) is 20.9 Å². The van der Waals surface area contributed by atoms with Crippen LogP contribution in [0.25, 0.3) is 0 Å². The van der Waals surface area contributed by atoms with Crippen LogP contribution >= 0.6 is 0 Å². The Bertz CT molecular complexity index is 201. The molecule has 1 saturated carbocycles. The Balaban J connectivity index is 2.13. The van der Waals surface area contributed by atoms with Crippen molar-refractivity contribution in [2.75, 3.05) is 0 Å². The standard InChI is InChI=1S/C10H16O2Te/c1-8(11)5-6-13-10-4-2-3-9(12)7-10/h10H,2-7H2,1H3. The van der Waals surface area contributed by atoms with Crippen LogP contribution in [0.4, 0.5) is 0 Å². The third-order valence-electron chi connectivity index (χ3n) is 2.24. The van der Waals surface area contributed by atoms with Gasteiger partial charge in [0.15, 0.2) is 0 Å². The molecule has 0 bridgehead atoms. The predicted molar refractivity (Wildman–Crippen MR) is 53.1 cm³/mol. The molecule has 0 heterocycles. The Morgan fingerprint density at radius 1 is 1.62 bits per heavy atom. The number of carbonyl (C=O) groups is 2. The molecule has 1 aliphatic rings. The summed E-state index contributed by atoms with van der Waals surface area (Å²) in [6, 6.07) is 0. The molecule has 0 aromatic carbocycles. The van der Waals surface area contributed by atoms with Crippen LogP contribution in [0.2, 0.25) is 8.43 Å². The molecule has 13 heavy (non-hydrogen) atoms. The summed E-state index contributed by atoms with van der Waals surface area (Å²) in [5.74, 6) is 0.747. The molecule has 1 unspecified atom stereocenters. The summed E-state index contributed by atoms with van der Waals surface area (Å²) in [5, 5.41) is 0. The van der Waals surface area contributed by atoms with Crippen molar-refractivity contribution < 1.29 is 9.59 Å². The van der Waals surface area contributed by atoms with Crippen molar-refractivity contribution in [3.05, 3.63) is 0 Å². The Morgan fingerprint density at radius 2 is 2.38 bits per heavy atom. The zero-order valence-corrected chi connectivity index (χ0v) is 10.4. The molecule has 0 aromatic heterocycles. The molecule has 1 atom stereocenters. The molecule has 1 aliphatic carbocycles. The Kier molecular flexibility index (Phi) is 4.98. The molecule has 1 fully saturated rings. The van der Waals surface area contributed by atoms with E-state index >= 15 is 0 Å². The molecule has 0 N–H and O–H groups in total. The molecule has 0 aliphatic heterocycles. The van der Waals surface area contributed by atoms with Gasteiger partial charge in [-0.25, -0.2) is 0 Å². The van der Waals surface area contributed by atoms with E-state index < -0.39 is 0 Å². The predicted octanol–water partition coefficient (Wildman–Crippen LogP) is 2.02. The van der Waals surface area contributed by atoms with E-state index in [0.29, 0.717) is 15.5 Å². The van der Waals surface area contributed by atoms with E-state index in [1.165, 1.54) is 6.42 Å². The van der Waals surface area contributed by atoms with Crippen LogP contribution in [0.3, 0.4) is 0 Å². The van der Waals surface area contributed by atoms with Crippen molar-refractivity contribution in [1.29, 1.82) is 0 Å². The normalized spacial score (nSPS) is 23.2. The first-order valence-electron chi connectivity index (χ1n) is 4.81. The van der Waals surface area contributed by atoms with E-state index in [2.05, 4.69) is 0 Å². The van der Waals surface area contributed by atoms with E-state index in [1.54, 1.807) is 6.92 Å². The summed E-state index contributed by atoms with van der Waals surface area (Å²) in [7, 11) is 0. The van der Waals surface area contributed by atoms with Gasteiger partial charge in [0.1, 0.15) is 0 Å². The number of Topliss-reactive ketones (excluding diaryl/α,β-unsaturated/α-hetero) is 2. The number of hydrogen-bond donors (Lipinski definition) is 0. The SMILES string of the molecule is CC(=O)CC[Te]C1CCCC(=O)C1. The minimum atomic E-state index is -0.0732. The van der Waals surface area contributed by atoms with Crippen molar-refractivity contribution in [1.82, 2.24) is 0 Å². The summed E-state index contributed by atoms with van der Waals surface area (Å²) in [6.07, 6.45) is 4.70. The molecule has 0 spiro atoms. The molecule has 0 amide bonds. The average Bonchev–Trinajstić information content (AvgIpc) is 2.03. The van der Waals surface area contributed by atoms with Gasteiger partial charge in [0.05, 0.1) is 0 Å². The summed E-state index contributed by atoms with van der Waals surface area (Å²) in [6.45, 7) is 1.65. The third-order valence-corrected chi connectivity index (χ3v) is 5.99. The second-order valence-corrected chi connectivity index (χ2v) is 7.60. The minimum absolute atomic E-state index is 0.0732. The summed E-state index contributed by atoms with van der Waals surface area (Å²) in [5.41, 5.74) is 0. The first-order valence-corrected chi connectivity index (χ1v) is 7.80. The van der Waals surface area contributed by atoms with E-state index in [9.17, 15) is 9.59 Å². The van der Waals surface area contributed by atoms with Crippen molar-refractivity contribution in [2.45, 2.75) is 47.5 Å². The van der Waals surface area contributed by atoms with Crippen molar-refractivity contribution >= 4 is 32.5 Å². The molecule has 0 saturated heterocycles. The van der Waals surface area contributed by atoms with Gasteiger partial charge in [0.2, 0.25) is 0 Å².